The molecule has 9 heavy (non-hydrogen) atoms. The minimum absolute atomic E-state index is 0.164. The molecule has 0 radical (unpaired) electrons. The lowest BCUT2D eigenvalue weighted by Gasteiger charge is -1.81. The molecule has 52 valence electrons. The molecule has 0 aromatic heterocycles. The minimum atomic E-state index is 0.164. The van der Waals surface area contributed by atoms with Gasteiger partial charge >= 0.3 is 0 Å². The molecule has 0 aliphatic heterocycles. The Balaban J connectivity index is 3.13. The summed E-state index contributed by atoms with van der Waals surface area (Å²) in [5.74, 6) is 0. The maximum Gasteiger partial charge on any atom is 0.0465 e. The fraction of sp³-hybridized carbons (Fsp3) is 0.333. The van der Waals surface area contributed by atoms with Crippen molar-refractivity contribution in [2.45, 2.75) is 6.42 Å². The molecule has 3 heteroatoms. The lowest BCUT2D eigenvalue weighted by Crippen LogP contribution is -1.91. The monoisotopic (exact) mass is 129 g/mol. The molecule has 0 aromatic rings. The van der Waals surface area contributed by atoms with Gasteiger partial charge in [-0.05, 0) is 12.5 Å². The zero-order valence-electron chi connectivity index (χ0n) is 5.12. The molecular weight excluding hydrogens is 118 g/mol. The van der Waals surface area contributed by atoms with Gasteiger partial charge in [0, 0.05) is 12.8 Å². The molecule has 0 spiro atoms. The number of aliphatic hydroxyl groups is 1. The van der Waals surface area contributed by atoms with Gasteiger partial charge in [-0.15, -0.1) is 0 Å². The molecule has 0 aliphatic carbocycles. The number of hydrogen-bond acceptors (Lipinski definition) is 3. The Hall–Kier alpha value is -0.800. The van der Waals surface area contributed by atoms with Gasteiger partial charge in [0.25, 0.3) is 0 Å². The maximum absolute atomic E-state index is 8.28. The summed E-state index contributed by atoms with van der Waals surface area (Å²) in [5.41, 5.74) is 1.85. The van der Waals surface area contributed by atoms with Crippen molar-refractivity contribution in [3.05, 3.63) is 24.4 Å². The first kappa shape index (κ1) is 8.20. The van der Waals surface area contributed by atoms with Gasteiger partial charge in [0.1, 0.15) is 0 Å². The molecule has 0 unspecified atom stereocenters. The normalized spacial score (nSPS) is 11.3. The zero-order valence-corrected chi connectivity index (χ0v) is 5.12. The molecular formula is C6H11NO2. The third-order valence-corrected chi connectivity index (χ3v) is 0.714. The van der Waals surface area contributed by atoms with E-state index in [1.54, 1.807) is 18.2 Å². The quantitative estimate of drug-likeness (QED) is 0.381. The Morgan fingerprint density at radius 2 is 2.11 bits per heavy atom. The molecule has 0 fully saturated rings. The summed E-state index contributed by atoms with van der Waals surface area (Å²) in [6, 6.07) is 0. The molecule has 0 aliphatic rings. The first-order valence-corrected chi connectivity index (χ1v) is 2.74. The number of nitrogens with one attached hydrogen (secondary N) is 1. The van der Waals surface area contributed by atoms with Crippen LogP contribution in [0.2, 0.25) is 0 Å². The highest BCUT2D eigenvalue weighted by Gasteiger charge is 1.68. The Morgan fingerprint density at radius 3 is 2.67 bits per heavy atom. The summed E-state index contributed by atoms with van der Waals surface area (Å²) in [6.07, 6.45) is 7.20. The molecule has 0 rings (SSSR count). The molecule has 0 amide bonds. The Bertz CT molecular complexity index is 99.2. The predicted octanol–water partition coefficient (Wildman–Crippen LogP) is 0.417. The lowest BCUT2D eigenvalue weighted by atomic mass is 10.4. The van der Waals surface area contributed by atoms with Crippen LogP contribution in [0, 0.1) is 0 Å². The topological polar surface area (TPSA) is 52.5 Å². The summed E-state index contributed by atoms with van der Waals surface area (Å²) in [6.45, 7) is 0.164. The highest BCUT2D eigenvalue weighted by atomic mass is 16.5. The number of allylic oxidation sites excluding steroid dienone is 2. The number of aliphatic hydroxyl groups excluding tert-OH is 1. The van der Waals surface area contributed by atoms with E-state index in [1.165, 1.54) is 6.20 Å². The maximum atomic E-state index is 8.28. The number of hydroxylamine groups is 1. The van der Waals surface area contributed by atoms with E-state index in [9.17, 15) is 0 Å². The van der Waals surface area contributed by atoms with Crippen LogP contribution in [0.25, 0.3) is 0 Å². The predicted molar refractivity (Wildman–Crippen MR) is 34.9 cm³/mol. The Kier molecular flexibility index (Phi) is 6.56. The van der Waals surface area contributed by atoms with E-state index < -0.39 is 0 Å². The molecule has 0 aromatic carbocycles. The lowest BCUT2D eigenvalue weighted by molar-refractivity contribution is 0.214. The Morgan fingerprint density at radius 1 is 1.33 bits per heavy atom. The zero-order chi connectivity index (χ0) is 6.95. The van der Waals surface area contributed by atoms with Crippen molar-refractivity contribution >= 4 is 0 Å². The van der Waals surface area contributed by atoms with Gasteiger partial charge in [0.05, 0.1) is 0 Å². The minimum Gasteiger partial charge on any atom is -0.396 e. The van der Waals surface area contributed by atoms with Crippen molar-refractivity contribution in [3.63, 3.8) is 0 Å². The van der Waals surface area contributed by atoms with E-state index >= 15 is 0 Å². The third kappa shape index (κ3) is 7.20. The van der Waals surface area contributed by atoms with E-state index in [4.69, 9.17) is 10.3 Å². The van der Waals surface area contributed by atoms with Gasteiger partial charge in [0.15, 0.2) is 0 Å². The molecule has 3 nitrogen and oxygen atoms in total. The van der Waals surface area contributed by atoms with Crippen LogP contribution in [0.4, 0.5) is 0 Å². The molecule has 0 atom stereocenters. The van der Waals surface area contributed by atoms with Crippen LogP contribution in [0.1, 0.15) is 6.42 Å². The largest absolute Gasteiger partial charge is 0.396 e. The van der Waals surface area contributed by atoms with Crippen LogP contribution < -0.4 is 5.48 Å². The van der Waals surface area contributed by atoms with Gasteiger partial charge < -0.3 is 5.11 Å². The van der Waals surface area contributed by atoms with E-state index in [2.05, 4.69) is 0 Å². The van der Waals surface area contributed by atoms with E-state index in [-0.39, 0.29) is 6.61 Å². The van der Waals surface area contributed by atoms with Gasteiger partial charge in [-0.2, -0.15) is 0 Å². The van der Waals surface area contributed by atoms with Crippen molar-refractivity contribution in [2.75, 3.05) is 6.61 Å². The second-order valence-electron chi connectivity index (χ2n) is 1.43. The average molecular weight is 129 g/mol. The second kappa shape index (κ2) is 7.20. The van der Waals surface area contributed by atoms with Crippen molar-refractivity contribution in [2.24, 2.45) is 0 Å². The van der Waals surface area contributed by atoms with Gasteiger partial charge in [-0.3, -0.25) is 10.7 Å². The number of rotatable bonds is 4. The molecule has 0 bridgehead atoms. The molecule has 0 saturated carbocycles. The van der Waals surface area contributed by atoms with Crippen molar-refractivity contribution in [3.8, 4) is 0 Å². The van der Waals surface area contributed by atoms with Crippen molar-refractivity contribution in [1.82, 2.24) is 5.48 Å². The summed E-state index contributed by atoms with van der Waals surface area (Å²) in [7, 11) is 0. The second-order valence-corrected chi connectivity index (χ2v) is 1.43. The summed E-state index contributed by atoms with van der Waals surface area (Å²) in [4.78, 5) is 0. The average Bonchev–Trinajstić information content (AvgIpc) is 1.89. The van der Waals surface area contributed by atoms with E-state index in [0.29, 0.717) is 6.42 Å². The van der Waals surface area contributed by atoms with Crippen LogP contribution in [0.15, 0.2) is 24.4 Å². The summed E-state index contributed by atoms with van der Waals surface area (Å²) >= 11 is 0. The fourth-order valence-corrected chi connectivity index (χ4v) is 0.348. The van der Waals surface area contributed by atoms with Gasteiger partial charge in [-0.25, -0.2) is 0 Å². The smallest absolute Gasteiger partial charge is 0.0465 e. The number of hydrogen-bond donors (Lipinski definition) is 3. The van der Waals surface area contributed by atoms with Crippen molar-refractivity contribution < 1.29 is 10.3 Å². The standard InChI is InChI=1S/C6H11NO2/c8-6-4-2-1-3-5-7-9/h1-3,5,7-9H,4,6H2/b2-1-,5-3-. The van der Waals surface area contributed by atoms with E-state index in [0.717, 1.165) is 0 Å². The first-order valence-electron chi connectivity index (χ1n) is 2.74. The third-order valence-electron chi connectivity index (χ3n) is 0.714. The van der Waals surface area contributed by atoms with Crippen molar-refractivity contribution in [1.29, 1.82) is 0 Å². The summed E-state index contributed by atoms with van der Waals surface area (Å²) in [5, 5.41) is 16.3. The molecule has 0 heterocycles. The van der Waals surface area contributed by atoms with Crippen LogP contribution in [-0.4, -0.2) is 16.9 Å². The van der Waals surface area contributed by atoms with Crippen LogP contribution in [-0.2, 0) is 0 Å². The Labute approximate surface area is 54.3 Å². The molecule has 0 saturated heterocycles. The van der Waals surface area contributed by atoms with Gasteiger partial charge in [0.2, 0.25) is 0 Å². The first-order chi connectivity index (χ1) is 4.41. The summed E-state index contributed by atoms with van der Waals surface area (Å²) < 4.78 is 0. The molecule has 3 N–H and O–H groups in total. The highest BCUT2D eigenvalue weighted by Crippen LogP contribution is 1.80. The van der Waals surface area contributed by atoms with Crippen LogP contribution >= 0.6 is 0 Å². The van der Waals surface area contributed by atoms with Crippen LogP contribution in [0.5, 0.6) is 0 Å². The van der Waals surface area contributed by atoms with E-state index in [1.807, 2.05) is 5.48 Å². The van der Waals surface area contributed by atoms with Crippen LogP contribution in [0.3, 0.4) is 0 Å². The fourth-order valence-electron chi connectivity index (χ4n) is 0.348. The SMILES string of the molecule is OCC/C=C\C=C/NO. The highest BCUT2D eigenvalue weighted by molar-refractivity contribution is 5.00. The van der Waals surface area contributed by atoms with Gasteiger partial charge in [-0.1, -0.05) is 12.2 Å².